The maximum absolute atomic E-state index is 13.9. The Morgan fingerprint density at radius 1 is 0.900 bits per heavy atom. The van der Waals surface area contributed by atoms with Crippen LogP contribution in [0.1, 0.15) is 68.6 Å². The lowest BCUT2D eigenvalue weighted by atomic mass is 9.94. The van der Waals surface area contributed by atoms with E-state index in [2.05, 4.69) is 19.2 Å². The molecule has 0 unspecified atom stereocenters. The molecule has 0 heterocycles. The number of nitrogens with one attached hydrogen (secondary N) is 1. The number of nitrogens with zero attached hydrogens (tertiary/aromatic N) is 1. The topological polar surface area (TPSA) is 58.6 Å². The molecule has 0 aliphatic heterocycles. The highest BCUT2D eigenvalue weighted by Gasteiger charge is 2.32. The van der Waals surface area contributed by atoms with Gasteiger partial charge < -0.3 is 15.0 Å². The number of hydrogen-bond acceptors (Lipinski definition) is 3. The minimum atomic E-state index is -0.727. The lowest BCUT2D eigenvalue weighted by Gasteiger charge is -2.33. The van der Waals surface area contributed by atoms with Crippen molar-refractivity contribution in [3.63, 3.8) is 0 Å². The molecule has 0 spiro atoms. The highest BCUT2D eigenvalue weighted by molar-refractivity contribution is 6.42. The molecule has 3 aromatic rings. The molecule has 0 saturated heterocycles. The predicted octanol–water partition coefficient (Wildman–Crippen LogP) is 7.58. The average molecular weight is 582 g/mol. The molecule has 1 aliphatic carbocycles. The zero-order chi connectivity index (χ0) is 28.5. The maximum atomic E-state index is 13.9. The first-order valence-electron chi connectivity index (χ1n) is 14.1. The molecule has 3 aromatic carbocycles. The molecular weight excluding hydrogens is 543 g/mol. The van der Waals surface area contributed by atoms with E-state index < -0.39 is 6.04 Å². The number of benzene rings is 3. The van der Waals surface area contributed by atoms with Gasteiger partial charge in [0.05, 0.1) is 10.0 Å². The third-order valence-corrected chi connectivity index (χ3v) is 8.19. The minimum absolute atomic E-state index is 0.121. The Bertz CT molecular complexity index is 1280. The number of para-hydroxylation sites is 1. The Kier molecular flexibility index (Phi) is 10.9. The zero-order valence-electron chi connectivity index (χ0n) is 23.2. The Morgan fingerprint density at radius 3 is 2.30 bits per heavy atom. The van der Waals surface area contributed by atoms with Gasteiger partial charge in [-0.15, -0.1) is 0 Å². The lowest BCUT2D eigenvalue weighted by molar-refractivity contribution is -0.143. The third-order valence-electron chi connectivity index (χ3n) is 7.45. The number of rotatable bonds is 11. The van der Waals surface area contributed by atoms with Crippen molar-refractivity contribution in [2.24, 2.45) is 0 Å². The lowest BCUT2D eigenvalue weighted by Crippen LogP contribution is -2.53. The summed E-state index contributed by atoms with van der Waals surface area (Å²) in [4.78, 5) is 29.5. The van der Waals surface area contributed by atoms with Crippen LogP contribution in [-0.2, 0) is 22.6 Å². The number of halogens is 2. The molecule has 0 bridgehead atoms. The van der Waals surface area contributed by atoms with Crippen molar-refractivity contribution >= 4 is 35.0 Å². The van der Waals surface area contributed by atoms with Gasteiger partial charge in [0, 0.05) is 19.0 Å². The van der Waals surface area contributed by atoms with Crippen LogP contribution in [0.15, 0.2) is 72.8 Å². The van der Waals surface area contributed by atoms with Crippen LogP contribution in [0.5, 0.6) is 5.75 Å². The summed E-state index contributed by atoms with van der Waals surface area (Å²) in [6.07, 6.45) is 5.69. The highest BCUT2D eigenvalue weighted by atomic mass is 35.5. The summed E-state index contributed by atoms with van der Waals surface area (Å²) in [6.45, 7) is 4.19. The molecule has 5 nitrogen and oxygen atoms in total. The zero-order valence-corrected chi connectivity index (χ0v) is 24.8. The second-order valence-corrected chi connectivity index (χ2v) is 11.6. The predicted molar refractivity (Wildman–Crippen MR) is 162 cm³/mol. The molecule has 1 N–H and O–H groups in total. The Hall–Kier alpha value is -3.02. The Labute approximate surface area is 247 Å². The van der Waals surface area contributed by atoms with E-state index in [0.717, 1.165) is 42.4 Å². The van der Waals surface area contributed by atoms with E-state index in [9.17, 15) is 9.59 Å². The number of hydrogen-bond donors (Lipinski definition) is 1. The van der Waals surface area contributed by atoms with Crippen LogP contribution < -0.4 is 10.1 Å². The SMILES string of the molecule is CC(C)c1ccccc1OCC(=O)N(Cc1ccc(Cl)c(Cl)c1)[C@H](Cc1ccccc1)C(=O)NC1CCCCC1. The van der Waals surface area contributed by atoms with Gasteiger partial charge in [-0.1, -0.05) is 111 Å². The summed E-state index contributed by atoms with van der Waals surface area (Å²) in [6, 6.07) is 22.2. The summed E-state index contributed by atoms with van der Waals surface area (Å²) in [5.41, 5.74) is 2.79. The van der Waals surface area contributed by atoms with E-state index in [0.29, 0.717) is 22.2 Å². The molecular formula is C33H38Cl2N2O3. The van der Waals surface area contributed by atoms with Crippen molar-refractivity contribution in [2.75, 3.05) is 6.61 Å². The molecule has 4 rings (SSSR count). The van der Waals surface area contributed by atoms with E-state index in [-0.39, 0.29) is 36.9 Å². The fraction of sp³-hybridized carbons (Fsp3) is 0.394. The van der Waals surface area contributed by atoms with Crippen LogP contribution in [-0.4, -0.2) is 35.4 Å². The summed E-state index contributed by atoms with van der Waals surface area (Å²) < 4.78 is 6.08. The molecule has 40 heavy (non-hydrogen) atoms. The molecule has 0 radical (unpaired) electrons. The maximum Gasteiger partial charge on any atom is 0.261 e. The van der Waals surface area contributed by atoms with E-state index >= 15 is 0 Å². The van der Waals surface area contributed by atoms with E-state index in [1.807, 2.05) is 60.7 Å². The number of carbonyl (C=O) groups excluding carboxylic acids is 2. The summed E-state index contributed by atoms with van der Waals surface area (Å²) in [5, 5.41) is 4.10. The highest BCUT2D eigenvalue weighted by Crippen LogP contribution is 2.27. The first kappa shape index (κ1) is 30.0. The van der Waals surface area contributed by atoms with Gasteiger partial charge in [0.2, 0.25) is 5.91 Å². The van der Waals surface area contributed by atoms with Crippen molar-refractivity contribution in [3.05, 3.63) is 99.5 Å². The average Bonchev–Trinajstić information content (AvgIpc) is 2.96. The van der Waals surface area contributed by atoms with Gasteiger partial charge in [0.1, 0.15) is 11.8 Å². The molecule has 1 atom stereocenters. The number of carbonyl (C=O) groups is 2. The summed E-state index contributed by atoms with van der Waals surface area (Å²) in [7, 11) is 0. The monoisotopic (exact) mass is 580 g/mol. The molecule has 1 saturated carbocycles. The fourth-order valence-corrected chi connectivity index (χ4v) is 5.56. The van der Waals surface area contributed by atoms with E-state index in [1.165, 1.54) is 6.42 Å². The van der Waals surface area contributed by atoms with Gasteiger partial charge in [-0.3, -0.25) is 9.59 Å². The van der Waals surface area contributed by atoms with Crippen LogP contribution >= 0.6 is 23.2 Å². The van der Waals surface area contributed by atoms with Gasteiger partial charge >= 0.3 is 0 Å². The minimum Gasteiger partial charge on any atom is -0.483 e. The largest absolute Gasteiger partial charge is 0.483 e. The van der Waals surface area contributed by atoms with Crippen molar-refractivity contribution in [3.8, 4) is 5.75 Å². The fourth-order valence-electron chi connectivity index (χ4n) is 5.24. The van der Waals surface area contributed by atoms with Gasteiger partial charge in [-0.2, -0.15) is 0 Å². The normalized spacial score (nSPS) is 14.5. The van der Waals surface area contributed by atoms with E-state index in [4.69, 9.17) is 27.9 Å². The molecule has 0 aromatic heterocycles. The Morgan fingerprint density at radius 2 is 1.60 bits per heavy atom. The van der Waals surface area contributed by atoms with Gasteiger partial charge in [0.15, 0.2) is 6.61 Å². The van der Waals surface area contributed by atoms with Crippen LogP contribution in [0, 0.1) is 0 Å². The van der Waals surface area contributed by atoms with Crippen molar-refractivity contribution < 1.29 is 14.3 Å². The molecule has 212 valence electrons. The Balaban J connectivity index is 1.64. The van der Waals surface area contributed by atoms with E-state index in [1.54, 1.807) is 17.0 Å². The van der Waals surface area contributed by atoms with Gasteiger partial charge in [-0.25, -0.2) is 0 Å². The van der Waals surface area contributed by atoms with Crippen molar-refractivity contribution in [1.29, 1.82) is 0 Å². The number of ether oxygens (including phenoxy) is 1. The van der Waals surface area contributed by atoms with Crippen molar-refractivity contribution in [1.82, 2.24) is 10.2 Å². The van der Waals surface area contributed by atoms with Crippen LogP contribution in [0.3, 0.4) is 0 Å². The van der Waals surface area contributed by atoms with Gasteiger partial charge in [-0.05, 0) is 53.6 Å². The molecule has 1 aliphatic rings. The molecule has 2 amide bonds. The second-order valence-electron chi connectivity index (χ2n) is 10.8. The first-order valence-corrected chi connectivity index (χ1v) is 14.9. The van der Waals surface area contributed by atoms with Crippen molar-refractivity contribution in [2.45, 2.75) is 76.9 Å². The van der Waals surface area contributed by atoms with Gasteiger partial charge in [0.25, 0.3) is 5.91 Å². The quantitative estimate of drug-likeness (QED) is 0.254. The third kappa shape index (κ3) is 8.25. The standard InChI is InChI=1S/C33H38Cl2N2O3/c1-23(2)27-15-9-10-16-31(27)40-22-32(38)37(21-25-17-18-28(34)29(35)19-25)30(20-24-11-5-3-6-12-24)33(39)36-26-13-7-4-8-14-26/h3,5-6,9-12,15-19,23,26,30H,4,7-8,13-14,20-22H2,1-2H3,(H,36,39)/t30-/m1/s1. The summed E-state index contributed by atoms with van der Waals surface area (Å²) in [5.74, 6) is 0.494. The summed E-state index contributed by atoms with van der Waals surface area (Å²) >= 11 is 12.5. The van der Waals surface area contributed by atoms with Crippen LogP contribution in [0.4, 0.5) is 0 Å². The van der Waals surface area contributed by atoms with Crippen LogP contribution in [0.2, 0.25) is 10.0 Å². The first-order chi connectivity index (χ1) is 19.3. The second kappa shape index (κ2) is 14.6. The van der Waals surface area contributed by atoms with Crippen LogP contribution in [0.25, 0.3) is 0 Å². The smallest absolute Gasteiger partial charge is 0.261 e. The molecule has 1 fully saturated rings. The number of amides is 2. The molecule has 7 heteroatoms.